The van der Waals surface area contributed by atoms with E-state index in [9.17, 15) is 9.50 Å². The maximum atomic E-state index is 14.0. The number of halogens is 1. The predicted octanol–water partition coefficient (Wildman–Crippen LogP) is 6.28. The summed E-state index contributed by atoms with van der Waals surface area (Å²) in [6.07, 6.45) is 4.12. The second kappa shape index (κ2) is 9.67. The first-order chi connectivity index (χ1) is 10.7. The van der Waals surface area contributed by atoms with Crippen LogP contribution in [0.5, 0.6) is 0 Å². The quantitative estimate of drug-likeness (QED) is 0.636. The minimum atomic E-state index is -0.714. The van der Waals surface area contributed by atoms with Crippen LogP contribution in [0.1, 0.15) is 67.5 Å². The van der Waals surface area contributed by atoms with Crippen LogP contribution in [0.25, 0.3) is 0 Å². The molecule has 1 N–H and O–H groups in total. The average Bonchev–Trinajstić information content (AvgIpc) is 3.35. The van der Waals surface area contributed by atoms with Gasteiger partial charge >= 0.3 is 0 Å². The maximum absolute atomic E-state index is 14.0. The van der Waals surface area contributed by atoms with Crippen molar-refractivity contribution in [1.29, 1.82) is 0 Å². The molecular formula is C21H33FO. The monoisotopic (exact) mass is 320 g/mol. The highest BCUT2D eigenvalue weighted by Crippen LogP contribution is 2.32. The first-order valence-electron chi connectivity index (χ1n) is 8.28. The van der Waals surface area contributed by atoms with E-state index in [0.29, 0.717) is 16.7 Å². The minimum absolute atomic E-state index is 0.203. The number of aliphatic hydroxyl groups is 1. The van der Waals surface area contributed by atoms with Crippen molar-refractivity contribution in [3.63, 3.8) is 0 Å². The van der Waals surface area contributed by atoms with E-state index >= 15 is 0 Å². The summed E-state index contributed by atoms with van der Waals surface area (Å²) in [6, 6.07) is 0. The molecular weight excluding hydrogens is 287 g/mol. The third-order valence-electron chi connectivity index (χ3n) is 4.62. The molecule has 1 unspecified atom stereocenters. The first-order valence-corrected chi connectivity index (χ1v) is 8.28. The predicted molar refractivity (Wildman–Crippen MR) is 99.4 cm³/mol. The largest absolute Gasteiger partial charge is 0.384 e. The molecule has 0 spiro atoms. The summed E-state index contributed by atoms with van der Waals surface area (Å²) in [4.78, 5) is 0. The molecule has 0 heterocycles. The molecule has 2 rings (SSSR count). The Morgan fingerprint density at radius 3 is 1.87 bits per heavy atom. The molecule has 0 radical (unpaired) electrons. The van der Waals surface area contributed by atoms with E-state index < -0.39 is 6.10 Å². The van der Waals surface area contributed by atoms with Gasteiger partial charge in [0, 0.05) is 0 Å². The standard InChI is InChI=1S/C15H21FO.C4H8.C2H4/c1-7-8(2)15(17)13-10(4)9(3)11(5)14(16)12(13)6;1-4-2-3-4;1-2/h7,15,17H,1-6H3;4H,2-3H2,1H3;1-2H2/b8-7-;;. The number of allylic oxidation sites excluding steroid dienone is 1. The Morgan fingerprint density at radius 2 is 1.52 bits per heavy atom. The van der Waals surface area contributed by atoms with Gasteiger partial charge in [-0.3, -0.25) is 0 Å². The zero-order valence-corrected chi connectivity index (χ0v) is 15.9. The molecule has 1 fully saturated rings. The van der Waals surface area contributed by atoms with Crippen molar-refractivity contribution in [2.45, 2.75) is 67.4 Å². The van der Waals surface area contributed by atoms with Crippen LogP contribution >= 0.6 is 0 Å². The van der Waals surface area contributed by atoms with Gasteiger partial charge in [-0.1, -0.05) is 25.8 Å². The van der Waals surface area contributed by atoms with Crippen LogP contribution in [0.4, 0.5) is 4.39 Å². The van der Waals surface area contributed by atoms with E-state index in [-0.39, 0.29) is 5.82 Å². The van der Waals surface area contributed by atoms with Crippen molar-refractivity contribution in [2.24, 2.45) is 5.92 Å². The molecule has 0 aliphatic heterocycles. The van der Waals surface area contributed by atoms with Crippen LogP contribution in [0.15, 0.2) is 24.8 Å². The zero-order chi connectivity index (χ0) is 18.3. The average molecular weight is 320 g/mol. The molecule has 0 aromatic heterocycles. The number of aliphatic hydroxyl groups excluding tert-OH is 1. The molecule has 1 aliphatic rings. The zero-order valence-electron chi connectivity index (χ0n) is 15.9. The molecule has 23 heavy (non-hydrogen) atoms. The van der Waals surface area contributed by atoms with Gasteiger partial charge < -0.3 is 5.11 Å². The van der Waals surface area contributed by atoms with Crippen LogP contribution in [-0.2, 0) is 0 Å². The Hall–Kier alpha value is -1.41. The molecule has 1 atom stereocenters. The third kappa shape index (κ3) is 5.62. The Labute approximate surface area is 141 Å². The Morgan fingerprint density at radius 1 is 1.09 bits per heavy atom. The van der Waals surface area contributed by atoms with Gasteiger partial charge in [0.05, 0.1) is 0 Å². The molecule has 1 nitrogen and oxygen atoms in total. The molecule has 0 amide bonds. The van der Waals surface area contributed by atoms with Gasteiger partial charge in [0.15, 0.2) is 0 Å². The number of rotatable bonds is 2. The fourth-order valence-electron chi connectivity index (χ4n) is 2.29. The van der Waals surface area contributed by atoms with Gasteiger partial charge in [-0.15, -0.1) is 13.2 Å². The maximum Gasteiger partial charge on any atom is 0.129 e. The van der Waals surface area contributed by atoms with Gasteiger partial charge in [0.1, 0.15) is 11.9 Å². The van der Waals surface area contributed by atoms with Crippen LogP contribution in [0, 0.1) is 39.4 Å². The molecule has 1 aromatic carbocycles. The Balaban J connectivity index is 0.000000680. The van der Waals surface area contributed by atoms with E-state index in [1.54, 1.807) is 13.8 Å². The lowest BCUT2D eigenvalue weighted by Crippen LogP contribution is -2.09. The molecule has 2 heteroatoms. The number of hydrogen-bond donors (Lipinski definition) is 1. The van der Waals surface area contributed by atoms with Gasteiger partial charge in [0.25, 0.3) is 0 Å². The highest BCUT2D eigenvalue weighted by molar-refractivity contribution is 5.48. The van der Waals surface area contributed by atoms with Crippen LogP contribution in [-0.4, -0.2) is 5.11 Å². The van der Waals surface area contributed by atoms with Crippen molar-refractivity contribution in [3.8, 4) is 0 Å². The molecule has 1 aliphatic carbocycles. The van der Waals surface area contributed by atoms with Crippen molar-refractivity contribution >= 4 is 0 Å². The van der Waals surface area contributed by atoms with E-state index in [2.05, 4.69) is 20.1 Å². The summed E-state index contributed by atoms with van der Waals surface area (Å²) < 4.78 is 14.0. The fraction of sp³-hybridized carbons (Fsp3) is 0.524. The van der Waals surface area contributed by atoms with Gasteiger partial charge in [-0.05, 0) is 80.9 Å². The Bertz CT molecular complexity index is 524. The molecule has 1 aromatic rings. The smallest absolute Gasteiger partial charge is 0.129 e. The SMILES string of the molecule is C/C=C(/C)C(O)c1c(C)c(C)c(C)c(F)c1C.C=C.CC1CC1. The second-order valence-electron chi connectivity index (χ2n) is 6.35. The van der Waals surface area contributed by atoms with E-state index in [4.69, 9.17) is 0 Å². The number of benzene rings is 1. The number of hydrogen-bond acceptors (Lipinski definition) is 1. The highest BCUT2D eigenvalue weighted by atomic mass is 19.1. The van der Waals surface area contributed by atoms with E-state index in [0.717, 1.165) is 22.6 Å². The van der Waals surface area contributed by atoms with E-state index in [1.165, 1.54) is 12.8 Å². The summed E-state index contributed by atoms with van der Waals surface area (Å²) in [7, 11) is 0. The highest BCUT2D eigenvalue weighted by Gasteiger charge is 2.20. The normalized spacial score (nSPS) is 15.1. The lowest BCUT2D eigenvalue weighted by molar-refractivity contribution is 0.213. The first kappa shape index (κ1) is 21.6. The van der Waals surface area contributed by atoms with Crippen LogP contribution in [0.3, 0.4) is 0 Å². The van der Waals surface area contributed by atoms with Crippen molar-refractivity contribution in [1.82, 2.24) is 0 Å². The molecule has 0 saturated heterocycles. The van der Waals surface area contributed by atoms with Crippen LogP contribution in [0.2, 0.25) is 0 Å². The van der Waals surface area contributed by atoms with E-state index in [1.807, 2.05) is 33.8 Å². The summed E-state index contributed by atoms with van der Waals surface area (Å²) in [5, 5.41) is 10.3. The van der Waals surface area contributed by atoms with Crippen molar-refractivity contribution in [2.75, 3.05) is 0 Å². The van der Waals surface area contributed by atoms with Gasteiger partial charge in [0.2, 0.25) is 0 Å². The summed E-state index contributed by atoms with van der Waals surface area (Å²) in [5.74, 6) is 0.881. The van der Waals surface area contributed by atoms with Crippen molar-refractivity contribution in [3.05, 3.63) is 58.4 Å². The van der Waals surface area contributed by atoms with Gasteiger partial charge in [-0.2, -0.15) is 0 Å². The lowest BCUT2D eigenvalue weighted by Gasteiger charge is -2.21. The summed E-state index contributed by atoms with van der Waals surface area (Å²) in [6.45, 7) is 19.4. The molecule has 0 bridgehead atoms. The van der Waals surface area contributed by atoms with Crippen molar-refractivity contribution < 1.29 is 9.50 Å². The minimum Gasteiger partial charge on any atom is -0.384 e. The Kier molecular flexibility index (Phi) is 9.07. The third-order valence-corrected chi connectivity index (χ3v) is 4.62. The molecule has 1 saturated carbocycles. The topological polar surface area (TPSA) is 20.2 Å². The second-order valence-corrected chi connectivity index (χ2v) is 6.35. The summed E-state index contributed by atoms with van der Waals surface area (Å²) in [5.41, 5.74) is 4.69. The lowest BCUT2D eigenvalue weighted by atomic mass is 9.88. The summed E-state index contributed by atoms with van der Waals surface area (Å²) >= 11 is 0. The molecule has 130 valence electrons. The fourth-order valence-corrected chi connectivity index (χ4v) is 2.29. The van der Waals surface area contributed by atoms with Crippen LogP contribution < -0.4 is 0 Å². The van der Waals surface area contributed by atoms with Gasteiger partial charge in [-0.25, -0.2) is 4.39 Å².